The molecule has 3 rings (SSSR count). The van der Waals surface area contributed by atoms with Crippen LogP contribution >= 0.6 is 0 Å². The van der Waals surface area contributed by atoms with Crippen LogP contribution in [0.2, 0.25) is 0 Å². The van der Waals surface area contributed by atoms with E-state index in [-0.39, 0.29) is 38.4 Å². The number of aromatic amines is 1. The van der Waals surface area contributed by atoms with E-state index in [0.29, 0.717) is 10.9 Å². The van der Waals surface area contributed by atoms with E-state index in [0.717, 1.165) is 16.6 Å². The minimum atomic E-state index is -0.993. The Balaban J connectivity index is 1.86. The number of amides is 4. The zero-order valence-electron chi connectivity index (χ0n) is 20.4. The molecule has 200 valence electrons. The summed E-state index contributed by atoms with van der Waals surface area (Å²) in [5, 5.41) is 12.8. The SMILES string of the molecule is NC(=O)NCc1ccc(CN(C(=O)c2cccc3[nH]ccc23)[C@H](CCCN=C(N)N[N+](=O)[O-])C(N)=O)cc1. The maximum atomic E-state index is 13.8. The summed E-state index contributed by atoms with van der Waals surface area (Å²) in [7, 11) is 0. The van der Waals surface area contributed by atoms with E-state index in [4.69, 9.17) is 17.2 Å². The summed E-state index contributed by atoms with van der Waals surface area (Å²) in [6, 6.07) is 12.5. The predicted molar refractivity (Wildman–Crippen MR) is 140 cm³/mol. The molecule has 38 heavy (non-hydrogen) atoms. The number of aromatic nitrogens is 1. The smallest absolute Gasteiger partial charge is 0.312 e. The fourth-order valence-corrected chi connectivity index (χ4v) is 3.96. The standard InChI is InChI=1S/C24H29N9O5/c25-21(34)20(5-2-11-29-23(26)31-33(37)38)32(14-16-8-6-15(7-9-16)13-30-24(27)36)22(35)18-3-1-4-19-17(18)10-12-28-19/h1,3-4,6-10,12,20,28H,2,5,11,13-14H2,(H2,25,34)(H3,26,29,31)(H3,27,30,36)/t20-/m1/s1. The number of guanidine groups is 1. The molecule has 0 fully saturated rings. The number of urea groups is 1. The van der Waals surface area contributed by atoms with Gasteiger partial charge >= 0.3 is 6.03 Å². The molecule has 1 heterocycles. The molecule has 0 spiro atoms. The van der Waals surface area contributed by atoms with Crippen molar-refractivity contribution in [2.45, 2.75) is 32.0 Å². The van der Waals surface area contributed by atoms with Crippen LogP contribution in [0.25, 0.3) is 10.9 Å². The maximum absolute atomic E-state index is 13.8. The number of nitrogens with two attached hydrogens (primary N) is 3. The zero-order chi connectivity index (χ0) is 27.7. The number of nitrogens with zero attached hydrogens (tertiary/aromatic N) is 3. The van der Waals surface area contributed by atoms with Gasteiger partial charge in [0.2, 0.25) is 5.91 Å². The van der Waals surface area contributed by atoms with Gasteiger partial charge in [0.1, 0.15) is 6.04 Å². The Hall–Kier alpha value is -5.14. The average Bonchev–Trinajstić information content (AvgIpc) is 3.35. The molecule has 3 aromatic rings. The number of hydrogen-bond acceptors (Lipinski definition) is 6. The monoisotopic (exact) mass is 523 g/mol. The molecule has 0 saturated heterocycles. The summed E-state index contributed by atoms with van der Waals surface area (Å²) in [5.41, 5.74) is 20.7. The fourth-order valence-electron chi connectivity index (χ4n) is 3.96. The predicted octanol–water partition coefficient (Wildman–Crippen LogP) is 0.709. The van der Waals surface area contributed by atoms with Crippen molar-refractivity contribution in [2.75, 3.05) is 6.54 Å². The number of H-pyrrole nitrogens is 1. The number of hydrazine groups is 1. The average molecular weight is 524 g/mol. The lowest BCUT2D eigenvalue weighted by Gasteiger charge is -2.30. The highest BCUT2D eigenvalue weighted by atomic mass is 16.7. The van der Waals surface area contributed by atoms with Gasteiger partial charge in [-0.15, -0.1) is 0 Å². The third-order valence-electron chi connectivity index (χ3n) is 5.76. The van der Waals surface area contributed by atoms with Gasteiger partial charge in [-0.05, 0) is 42.2 Å². The molecule has 9 N–H and O–H groups in total. The van der Waals surface area contributed by atoms with E-state index < -0.39 is 28.9 Å². The molecule has 0 unspecified atom stereocenters. The Morgan fingerprint density at radius 3 is 2.42 bits per heavy atom. The second-order valence-corrected chi connectivity index (χ2v) is 8.41. The van der Waals surface area contributed by atoms with Crippen LogP contribution in [0, 0.1) is 10.1 Å². The number of carbonyl (C=O) groups is 3. The lowest BCUT2D eigenvalue weighted by atomic mass is 10.0. The molecule has 1 atom stereocenters. The molecule has 0 aliphatic carbocycles. The number of carbonyl (C=O) groups excluding carboxylic acids is 3. The number of nitrogens with one attached hydrogen (secondary N) is 3. The van der Waals surface area contributed by atoms with Crippen molar-refractivity contribution in [2.24, 2.45) is 22.2 Å². The number of hydrogen-bond donors (Lipinski definition) is 6. The summed E-state index contributed by atoms with van der Waals surface area (Å²) in [5.74, 6) is -1.47. The van der Waals surface area contributed by atoms with Gasteiger partial charge in [0.05, 0.1) is 0 Å². The van der Waals surface area contributed by atoms with E-state index in [2.05, 4.69) is 15.3 Å². The summed E-state index contributed by atoms with van der Waals surface area (Å²) in [4.78, 5) is 56.2. The largest absolute Gasteiger partial charge is 0.368 e. The molecule has 0 saturated carbocycles. The van der Waals surface area contributed by atoms with E-state index in [1.54, 1.807) is 54.1 Å². The van der Waals surface area contributed by atoms with Gasteiger partial charge in [0, 0.05) is 42.3 Å². The summed E-state index contributed by atoms with van der Waals surface area (Å²) in [6.45, 7) is 0.394. The minimum Gasteiger partial charge on any atom is -0.368 e. The third kappa shape index (κ3) is 7.43. The van der Waals surface area contributed by atoms with Crippen LogP contribution < -0.4 is 27.9 Å². The minimum absolute atomic E-state index is 0.0745. The Labute approximate surface area is 217 Å². The molecule has 0 radical (unpaired) electrons. The highest BCUT2D eigenvalue weighted by Crippen LogP contribution is 2.23. The fraction of sp³-hybridized carbons (Fsp3) is 0.250. The summed E-state index contributed by atoms with van der Waals surface area (Å²) < 4.78 is 0. The van der Waals surface area contributed by atoms with E-state index >= 15 is 0 Å². The lowest BCUT2D eigenvalue weighted by Crippen LogP contribution is -2.47. The first kappa shape index (κ1) is 27.4. The third-order valence-corrected chi connectivity index (χ3v) is 5.76. The zero-order valence-corrected chi connectivity index (χ0v) is 20.4. The Morgan fingerprint density at radius 2 is 1.76 bits per heavy atom. The molecule has 1 aromatic heterocycles. The van der Waals surface area contributed by atoms with Gasteiger partial charge in [0.15, 0.2) is 5.03 Å². The van der Waals surface area contributed by atoms with Gasteiger partial charge in [0.25, 0.3) is 11.9 Å². The molecule has 4 amide bonds. The number of nitro groups is 1. The van der Waals surface area contributed by atoms with Crippen LogP contribution in [0.5, 0.6) is 0 Å². The number of aliphatic imine (C=N–C) groups is 1. The lowest BCUT2D eigenvalue weighted by molar-refractivity contribution is -0.525. The van der Waals surface area contributed by atoms with Gasteiger partial charge in [-0.25, -0.2) is 19.9 Å². The van der Waals surface area contributed by atoms with Crippen molar-refractivity contribution in [1.29, 1.82) is 0 Å². The van der Waals surface area contributed by atoms with E-state index in [1.165, 1.54) is 4.90 Å². The van der Waals surface area contributed by atoms with Crippen LogP contribution in [0.3, 0.4) is 0 Å². The number of benzene rings is 2. The Kier molecular flexibility index (Phi) is 9.18. The molecule has 14 heteroatoms. The molecule has 14 nitrogen and oxygen atoms in total. The normalized spacial score (nSPS) is 12.1. The van der Waals surface area contributed by atoms with E-state index in [1.807, 2.05) is 6.07 Å². The van der Waals surface area contributed by atoms with Crippen molar-refractivity contribution in [3.05, 3.63) is 81.5 Å². The van der Waals surface area contributed by atoms with Crippen LogP contribution in [0.1, 0.15) is 34.3 Å². The van der Waals surface area contributed by atoms with Crippen molar-refractivity contribution in [3.8, 4) is 0 Å². The van der Waals surface area contributed by atoms with Crippen LogP contribution in [-0.4, -0.2) is 51.3 Å². The Bertz CT molecular complexity index is 1340. The van der Waals surface area contributed by atoms with Gasteiger partial charge < -0.3 is 32.4 Å². The van der Waals surface area contributed by atoms with Gasteiger partial charge in [-0.3, -0.25) is 9.59 Å². The molecular formula is C24H29N9O5. The maximum Gasteiger partial charge on any atom is 0.312 e. The number of fused-ring (bicyclic) bond motifs is 1. The first-order chi connectivity index (χ1) is 18.2. The molecule has 0 bridgehead atoms. The second-order valence-electron chi connectivity index (χ2n) is 8.41. The van der Waals surface area contributed by atoms with Crippen molar-refractivity contribution in [3.63, 3.8) is 0 Å². The van der Waals surface area contributed by atoms with Crippen molar-refractivity contribution in [1.82, 2.24) is 20.6 Å². The molecular weight excluding hydrogens is 494 g/mol. The number of primary amides is 2. The van der Waals surface area contributed by atoms with Gasteiger partial charge in [-0.1, -0.05) is 35.8 Å². The van der Waals surface area contributed by atoms with Crippen molar-refractivity contribution >= 4 is 34.7 Å². The number of rotatable bonds is 12. The highest BCUT2D eigenvalue weighted by molar-refractivity contribution is 6.07. The molecule has 0 aliphatic heterocycles. The van der Waals surface area contributed by atoms with Crippen LogP contribution in [0.4, 0.5) is 4.79 Å². The van der Waals surface area contributed by atoms with Gasteiger partial charge in [-0.2, -0.15) is 0 Å². The molecule has 2 aromatic carbocycles. The second kappa shape index (κ2) is 12.7. The van der Waals surface area contributed by atoms with Crippen molar-refractivity contribution < 1.29 is 19.4 Å². The highest BCUT2D eigenvalue weighted by Gasteiger charge is 2.30. The molecule has 0 aliphatic rings. The summed E-state index contributed by atoms with van der Waals surface area (Å²) >= 11 is 0. The quantitative estimate of drug-likeness (QED) is 0.0654. The summed E-state index contributed by atoms with van der Waals surface area (Å²) in [6.07, 6.45) is 2.15. The first-order valence-electron chi connectivity index (χ1n) is 11.6. The Morgan fingerprint density at radius 1 is 1.05 bits per heavy atom. The van der Waals surface area contributed by atoms with E-state index in [9.17, 15) is 24.5 Å². The topological polar surface area (TPSA) is 228 Å². The van der Waals surface area contributed by atoms with Crippen LogP contribution in [-0.2, 0) is 17.9 Å². The first-order valence-corrected chi connectivity index (χ1v) is 11.6. The van der Waals surface area contributed by atoms with Crippen LogP contribution in [0.15, 0.2) is 59.7 Å².